The Labute approximate surface area is 107 Å². The number of rotatable bonds is 5. The Morgan fingerprint density at radius 1 is 1.29 bits per heavy atom. The summed E-state index contributed by atoms with van der Waals surface area (Å²) in [5, 5.41) is 13.7. The molecule has 0 bridgehead atoms. The first-order chi connectivity index (χ1) is 8.24. The van der Waals surface area contributed by atoms with Gasteiger partial charge in [0.1, 0.15) is 0 Å². The van der Waals surface area contributed by atoms with Crippen molar-refractivity contribution in [2.45, 2.75) is 39.2 Å². The topological polar surface area (TPSA) is 20.2 Å². The van der Waals surface area contributed by atoms with Crippen molar-refractivity contribution >= 4 is 21.4 Å². The van der Waals surface area contributed by atoms with Gasteiger partial charge in [0, 0.05) is 4.70 Å². The highest BCUT2D eigenvalue weighted by Crippen LogP contribution is 2.34. The summed E-state index contributed by atoms with van der Waals surface area (Å²) in [7, 11) is 0. The predicted octanol–water partition coefficient (Wildman–Crippen LogP) is 4.76. The first kappa shape index (κ1) is 12.6. The molecule has 17 heavy (non-hydrogen) atoms. The van der Waals surface area contributed by atoms with Crippen molar-refractivity contribution in [3.63, 3.8) is 0 Å². The third-order valence-corrected chi connectivity index (χ3v) is 4.36. The second-order valence-electron chi connectivity index (χ2n) is 4.75. The molecule has 1 N–H and O–H groups in total. The normalized spacial score (nSPS) is 15.0. The highest BCUT2D eigenvalue weighted by atomic mass is 32.1. The summed E-state index contributed by atoms with van der Waals surface area (Å²) in [5.74, 6) is 0.341. The van der Waals surface area contributed by atoms with E-state index < -0.39 is 0 Å². The molecule has 0 saturated heterocycles. The smallest absolute Gasteiger partial charge is 0.0829 e. The molecule has 2 aromatic rings. The number of aliphatic hydroxyl groups excluding tert-OH is 1. The highest BCUT2D eigenvalue weighted by Gasteiger charge is 2.19. The number of fused-ring (bicyclic) bond motifs is 1. The molecular weight excluding hydrogens is 228 g/mol. The van der Waals surface area contributed by atoms with Gasteiger partial charge in [-0.1, -0.05) is 44.9 Å². The monoisotopic (exact) mass is 248 g/mol. The van der Waals surface area contributed by atoms with Crippen molar-refractivity contribution in [2.75, 3.05) is 0 Å². The maximum absolute atomic E-state index is 10.4. The van der Waals surface area contributed by atoms with Crippen molar-refractivity contribution in [3.8, 4) is 0 Å². The molecule has 0 amide bonds. The second-order valence-corrected chi connectivity index (χ2v) is 5.66. The molecule has 2 unspecified atom stereocenters. The highest BCUT2D eigenvalue weighted by molar-refractivity contribution is 7.17. The Hall–Kier alpha value is -0.860. The number of hydrogen-bond donors (Lipinski definition) is 1. The van der Waals surface area contributed by atoms with Gasteiger partial charge in [-0.15, -0.1) is 11.3 Å². The fourth-order valence-corrected chi connectivity index (χ4v) is 3.21. The van der Waals surface area contributed by atoms with E-state index in [1.807, 2.05) is 6.07 Å². The van der Waals surface area contributed by atoms with Gasteiger partial charge >= 0.3 is 0 Å². The lowest BCUT2D eigenvalue weighted by molar-refractivity contribution is 0.113. The van der Waals surface area contributed by atoms with E-state index in [1.54, 1.807) is 11.3 Å². The number of aliphatic hydroxyl groups is 1. The van der Waals surface area contributed by atoms with Gasteiger partial charge in [-0.2, -0.15) is 0 Å². The van der Waals surface area contributed by atoms with Crippen LogP contribution < -0.4 is 0 Å². The molecule has 92 valence electrons. The average Bonchev–Trinajstić information content (AvgIpc) is 2.78. The van der Waals surface area contributed by atoms with Crippen LogP contribution in [0.15, 0.2) is 29.6 Å². The van der Waals surface area contributed by atoms with Crippen LogP contribution in [-0.4, -0.2) is 5.11 Å². The molecule has 0 aliphatic heterocycles. The summed E-state index contributed by atoms with van der Waals surface area (Å²) in [6.45, 7) is 4.34. The maximum Gasteiger partial charge on any atom is 0.0829 e. The van der Waals surface area contributed by atoms with Crippen LogP contribution in [0, 0.1) is 5.92 Å². The molecule has 1 aromatic carbocycles. The van der Waals surface area contributed by atoms with Crippen molar-refractivity contribution < 1.29 is 5.11 Å². The molecule has 0 aliphatic rings. The van der Waals surface area contributed by atoms with E-state index in [4.69, 9.17) is 0 Å². The van der Waals surface area contributed by atoms with Crippen LogP contribution in [0.4, 0.5) is 0 Å². The number of benzene rings is 1. The predicted molar refractivity (Wildman–Crippen MR) is 75.5 cm³/mol. The molecule has 0 saturated carbocycles. The summed E-state index contributed by atoms with van der Waals surface area (Å²) in [5.41, 5.74) is 1.11. The molecule has 2 rings (SSSR count). The minimum absolute atomic E-state index is 0.322. The van der Waals surface area contributed by atoms with Crippen molar-refractivity contribution in [1.82, 2.24) is 0 Å². The lowest BCUT2D eigenvalue weighted by atomic mass is 9.93. The first-order valence-corrected chi connectivity index (χ1v) is 7.26. The molecule has 0 radical (unpaired) electrons. The zero-order valence-electron chi connectivity index (χ0n) is 10.5. The molecular formula is C15H20OS. The van der Waals surface area contributed by atoms with Crippen molar-refractivity contribution in [2.24, 2.45) is 5.92 Å². The van der Waals surface area contributed by atoms with Crippen molar-refractivity contribution in [1.29, 1.82) is 0 Å². The van der Waals surface area contributed by atoms with Gasteiger partial charge in [0.2, 0.25) is 0 Å². The van der Waals surface area contributed by atoms with E-state index in [0.29, 0.717) is 5.92 Å². The summed E-state index contributed by atoms with van der Waals surface area (Å²) in [4.78, 5) is 0. The van der Waals surface area contributed by atoms with E-state index in [9.17, 15) is 5.11 Å². The molecule has 2 heteroatoms. The van der Waals surface area contributed by atoms with Gasteiger partial charge in [-0.05, 0) is 34.7 Å². The molecule has 1 aromatic heterocycles. The van der Waals surface area contributed by atoms with E-state index in [-0.39, 0.29) is 6.10 Å². The van der Waals surface area contributed by atoms with Gasteiger partial charge < -0.3 is 5.11 Å². The van der Waals surface area contributed by atoms with E-state index in [0.717, 1.165) is 12.0 Å². The fraction of sp³-hybridized carbons (Fsp3) is 0.467. The Morgan fingerprint density at radius 3 is 2.82 bits per heavy atom. The van der Waals surface area contributed by atoms with E-state index in [2.05, 4.69) is 37.4 Å². The Balaban J connectivity index is 2.21. The molecule has 0 aliphatic carbocycles. The van der Waals surface area contributed by atoms with Crippen LogP contribution in [0.2, 0.25) is 0 Å². The molecule has 1 heterocycles. The summed E-state index contributed by atoms with van der Waals surface area (Å²) in [6, 6.07) is 8.32. The molecule has 0 fully saturated rings. The van der Waals surface area contributed by atoms with Gasteiger partial charge in [-0.3, -0.25) is 0 Å². The maximum atomic E-state index is 10.4. The minimum Gasteiger partial charge on any atom is -0.388 e. The number of hydrogen-bond acceptors (Lipinski definition) is 2. The van der Waals surface area contributed by atoms with Crippen LogP contribution in [-0.2, 0) is 0 Å². The van der Waals surface area contributed by atoms with E-state index >= 15 is 0 Å². The zero-order valence-corrected chi connectivity index (χ0v) is 11.3. The van der Waals surface area contributed by atoms with E-state index in [1.165, 1.54) is 22.9 Å². The van der Waals surface area contributed by atoms with Crippen LogP contribution in [0.25, 0.3) is 10.1 Å². The number of unbranched alkanes of at least 4 members (excludes halogenated alkanes) is 1. The number of thiophene rings is 1. The Bertz CT molecular complexity index is 474. The summed E-state index contributed by atoms with van der Waals surface area (Å²) < 4.78 is 1.27. The first-order valence-electron chi connectivity index (χ1n) is 6.38. The van der Waals surface area contributed by atoms with Gasteiger partial charge in [0.05, 0.1) is 6.10 Å². The second kappa shape index (κ2) is 5.65. The van der Waals surface area contributed by atoms with Crippen LogP contribution in [0.1, 0.15) is 44.8 Å². The lowest BCUT2D eigenvalue weighted by Crippen LogP contribution is -2.08. The molecule has 2 atom stereocenters. The van der Waals surface area contributed by atoms with Crippen molar-refractivity contribution in [3.05, 3.63) is 35.2 Å². The van der Waals surface area contributed by atoms with Gasteiger partial charge in [0.25, 0.3) is 0 Å². The summed E-state index contributed by atoms with van der Waals surface area (Å²) in [6.07, 6.45) is 3.17. The minimum atomic E-state index is -0.322. The van der Waals surface area contributed by atoms with Gasteiger partial charge in [0.15, 0.2) is 0 Å². The lowest BCUT2D eigenvalue weighted by Gasteiger charge is -2.18. The van der Waals surface area contributed by atoms with Crippen LogP contribution in [0.5, 0.6) is 0 Å². The largest absolute Gasteiger partial charge is 0.388 e. The summed E-state index contributed by atoms with van der Waals surface area (Å²) >= 11 is 1.72. The van der Waals surface area contributed by atoms with Crippen LogP contribution >= 0.6 is 11.3 Å². The molecule has 1 nitrogen and oxygen atoms in total. The third-order valence-electron chi connectivity index (χ3n) is 3.38. The fourth-order valence-electron chi connectivity index (χ4n) is 2.22. The third kappa shape index (κ3) is 2.70. The molecule has 0 spiro atoms. The van der Waals surface area contributed by atoms with Crippen LogP contribution in [0.3, 0.4) is 0 Å². The quantitative estimate of drug-likeness (QED) is 0.808. The zero-order chi connectivity index (χ0) is 12.3. The average molecular weight is 248 g/mol. The SMILES string of the molecule is CCCCC(C)C(O)c1csc2ccccc12. The van der Waals surface area contributed by atoms with Gasteiger partial charge in [-0.25, -0.2) is 0 Å². The standard InChI is InChI=1S/C15H20OS/c1-3-4-7-11(2)15(16)13-10-17-14-9-6-5-8-12(13)14/h5-6,8-11,15-16H,3-4,7H2,1-2H3. The Morgan fingerprint density at radius 2 is 2.06 bits per heavy atom. The Kier molecular flexibility index (Phi) is 4.19.